The van der Waals surface area contributed by atoms with Crippen LogP contribution >= 0.6 is 0 Å². The van der Waals surface area contributed by atoms with E-state index < -0.39 is 23.3 Å². The quantitative estimate of drug-likeness (QED) is 0.461. The maximum absolute atomic E-state index is 12.2. The fraction of sp³-hybridized carbons (Fsp3) is 0.462. The van der Waals surface area contributed by atoms with Gasteiger partial charge in [0.2, 0.25) is 11.8 Å². The van der Waals surface area contributed by atoms with Crippen molar-refractivity contribution < 1.29 is 14.4 Å². The largest absolute Gasteiger partial charge is 0.330 e. The molecule has 5 nitrogen and oxygen atoms in total. The van der Waals surface area contributed by atoms with Crippen LogP contribution < -0.4 is 5.32 Å². The van der Waals surface area contributed by atoms with Crippen molar-refractivity contribution in [1.29, 1.82) is 0 Å². The molecule has 1 rings (SSSR count). The number of imide groups is 2. The molecule has 0 saturated carbocycles. The molecule has 4 amide bonds. The van der Waals surface area contributed by atoms with Gasteiger partial charge in [0.25, 0.3) is 0 Å². The average Bonchev–Trinajstić information content (AvgIpc) is 2.34. The van der Waals surface area contributed by atoms with E-state index in [9.17, 15) is 14.4 Å². The fourth-order valence-electron chi connectivity index (χ4n) is 1.80. The van der Waals surface area contributed by atoms with Gasteiger partial charge in [0.15, 0.2) is 0 Å². The highest BCUT2D eigenvalue weighted by Gasteiger charge is 2.51. The van der Waals surface area contributed by atoms with Crippen LogP contribution in [0.25, 0.3) is 0 Å². The second-order valence-electron chi connectivity index (χ2n) is 4.08. The first-order chi connectivity index (χ1) is 8.49. The number of urea groups is 1. The second-order valence-corrected chi connectivity index (χ2v) is 4.08. The molecule has 1 fully saturated rings. The maximum atomic E-state index is 12.2. The minimum Gasteiger partial charge on any atom is -0.277 e. The summed E-state index contributed by atoms with van der Waals surface area (Å²) in [6, 6.07) is -0.701. The Morgan fingerprint density at radius 2 is 2.06 bits per heavy atom. The molecule has 1 heterocycles. The number of nitrogens with one attached hydrogen (secondary N) is 1. The van der Waals surface area contributed by atoms with Crippen LogP contribution in [0, 0.1) is 17.3 Å². The summed E-state index contributed by atoms with van der Waals surface area (Å²) in [5, 5.41) is 2.17. The van der Waals surface area contributed by atoms with Crippen molar-refractivity contribution in [2.24, 2.45) is 5.41 Å². The van der Waals surface area contributed by atoms with Crippen LogP contribution in [0.3, 0.4) is 0 Å². The first-order valence-corrected chi connectivity index (χ1v) is 5.69. The highest BCUT2D eigenvalue weighted by Crippen LogP contribution is 2.32. The predicted octanol–water partition coefficient (Wildman–Crippen LogP) is 1.06. The number of amides is 4. The molecule has 1 unspecified atom stereocenters. The van der Waals surface area contributed by atoms with Crippen molar-refractivity contribution >= 4 is 17.8 Å². The highest BCUT2D eigenvalue weighted by atomic mass is 16.2. The average molecular weight is 248 g/mol. The molecular weight excluding hydrogens is 232 g/mol. The van der Waals surface area contributed by atoms with E-state index in [0.29, 0.717) is 6.42 Å². The zero-order chi connectivity index (χ0) is 13.8. The molecule has 1 N–H and O–H groups in total. The van der Waals surface area contributed by atoms with Crippen molar-refractivity contribution in [2.45, 2.75) is 26.2 Å². The van der Waals surface area contributed by atoms with Crippen LogP contribution in [0.15, 0.2) is 12.7 Å². The summed E-state index contributed by atoms with van der Waals surface area (Å²) in [6.07, 6.45) is 2.40. The highest BCUT2D eigenvalue weighted by molar-refractivity contribution is 6.19. The zero-order valence-corrected chi connectivity index (χ0v) is 10.6. The van der Waals surface area contributed by atoms with E-state index in [-0.39, 0.29) is 12.8 Å². The molecule has 0 spiro atoms. The van der Waals surface area contributed by atoms with Crippen molar-refractivity contribution in [2.75, 3.05) is 7.05 Å². The molecule has 1 aliphatic heterocycles. The maximum Gasteiger partial charge on any atom is 0.330 e. The van der Waals surface area contributed by atoms with E-state index in [2.05, 4.69) is 23.7 Å². The van der Waals surface area contributed by atoms with Crippen LogP contribution in [0.4, 0.5) is 4.79 Å². The Labute approximate surface area is 106 Å². The van der Waals surface area contributed by atoms with Crippen LogP contribution in [-0.4, -0.2) is 29.8 Å². The molecule has 5 heteroatoms. The van der Waals surface area contributed by atoms with Crippen LogP contribution in [0.5, 0.6) is 0 Å². The number of allylic oxidation sites excluding steroid dienone is 1. The number of rotatable bonds is 3. The molecular formula is C13H16N2O3. The monoisotopic (exact) mass is 248 g/mol. The Kier molecular flexibility index (Phi) is 4.27. The Morgan fingerprint density at radius 1 is 1.39 bits per heavy atom. The minimum atomic E-state index is -1.33. The summed E-state index contributed by atoms with van der Waals surface area (Å²) in [5.74, 6) is 4.51. The van der Waals surface area contributed by atoms with Crippen molar-refractivity contribution in [3.63, 3.8) is 0 Å². The Hall–Kier alpha value is -2.09. The SMILES string of the molecule is C=CCC1(CC#CCC)C(=O)NC(=O)N(C)C1=O. The fourth-order valence-corrected chi connectivity index (χ4v) is 1.80. The van der Waals surface area contributed by atoms with Crippen LogP contribution in [0.2, 0.25) is 0 Å². The molecule has 0 aliphatic carbocycles. The predicted molar refractivity (Wildman–Crippen MR) is 66.2 cm³/mol. The molecule has 1 aliphatic rings. The lowest BCUT2D eigenvalue weighted by molar-refractivity contribution is -0.150. The number of carbonyl (C=O) groups excluding carboxylic acids is 3. The molecule has 1 saturated heterocycles. The summed E-state index contributed by atoms with van der Waals surface area (Å²) in [5.41, 5.74) is -1.33. The second kappa shape index (κ2) is 5.50. The summed E-state index contributed by atoms with van der Waals surface area (Å²) >= 11 is 0. The van der Waals surface area contributed by atoms with Crippen LogP contribution in [0.1, 0.15) is 26.2 Å². The van der Waals surface area contributed by atoms with Gasteiger partial charge >= 0.3 is 6.03 Å². The van der Waals surface area contributed by atoms with Gasteiger partial charge in [-0.25, -0.2) is 4.79 Å². The van der Waals surface area contributed by atoms with Crippen molar-refractivity contribution in [3.05, 3.63) is 12.7 Å². The third-order valence-corrected chi connectivity index (χ3v) is 2.86. The Bertz CT molecular complexity index is 459. The Balaban J connectivity index is 3.14. The van der Waals surface area contributed by atoms with E-state index in [0.717, 1.165) is 4.90 Å². The summed E-state index contributed by atoms with van der Waals surface area (Å²) in [4.78, 5) is 36.4. The molecule has 0 aromatic carbocycles. The summed E-state index contributed by atoms with van der Waals surface area (Å²) < 4.78 is 0. The molecule has 0 aromatic rings. The molecule has 18 heavy (non-hydrogen) atoms. The topological polar surface area (TPSA) is 66.5 Å². The van der Waals surface area contributed by atoms with E-state index in [1.807, 2.05) is 6.92 Å². The molecule has 0 radical (unpaired) electrons. The normalized spacial score (nSPS) is 23.2. The van der Waals surface area contributed by atoms with Gasteiger partial charge in [-0.2, -0.15) is 0 Å². The number of hydrogen-bond donors (Lipinski definition) is 1. The first-order valence-electron chi connectivity index (χ1n) is 5.69. The van der Waals surface area contributed by atoms with Gasteiger partial charge in [0.05, 0.1) is 0 Å². The number of nitrogens with zero attached hydrogens (tertiary/aromatic N) is 1. The molecule has 1 atom stereocenters. The van der Waals surface area contributed by atoms with E-state index >= 15 is 0 Å². The van der Waals surface area contributed by atoms with Gasteiger partial charge < -0.3 is 0 Å². The minimum absolute atomic E-state index is 0.0924. The molecule has 0 bridgehead atoms. The van der Waals surface area contributed by atoms with Gasteiger partial charge in [-0.15, -0.1) is 18.4 Å². The van der Waals surface area contributed by atoms with Gasteiger partial charge in [-0.05, 0) is 6.42 Å². The van der Waals surface area contributed by atoms with Gasteiger partial charge in [0.1, 0.15) is 5.41 Å². The van der Waals surface area contributed by atoms with Gasteiger partial charge in [-0.1, -0.05) is 13.0 Å². The summed E-state index contributed by atoms with van der Waals surface area (Å²) in [6.45, 7) is 5.44. The lowest BCUT2D eigenvalue weighted by atomic mass is 9.77. The molecule has 96 valence electrons. The van der Waals surface area contributed by atoms with Gasteiger partial charge in [0, 0.05) is 19.9 Å². The van der Waals surface area contributed by atoms with E-state index in [1.165, 1.54) is 13.1 Å². The van der Waals surface area contributed by atoms with Crippen molar-refractivity contribution in [3.8, 4) is 11.8 Å². The van der Waals surface area contributed by atoms with Gasteiger partial charge in [-0.3, -0.25) is 19.8 Å². The number of carbonyl (C=O) groups is 3. The summed E-state index contributed by atoms with van der Waals surface area (Å²) in [7, 11) is 1.34. The number of barbiturate groups is 1. The van der Waals surface area contributed by atoms with E-state index in [1.54, 1.807) is 0 Å². The first kappa shape index (κ1) is 14.0. The number of hydrogen-bond acceptors (Lipinski definition) is 3. The third-order valence-electron chi connectivity index (χ3n) is 2.86. The standard InChI is InChI=1S/C13H16N2O3/c1-4-6-7-9-13(8-5-2)10(16)14-12(18)15(3)11(13)17/h5H,2,4,8-9H2,1,3H3,(H,14,16,18). The lowest BCUT2D eigenvalue weighted by Crippen LogP contribution is -2.62. The lowest BCUT2D eigenvalue weighted by Gasteiger charge is -2.36. The third kappa shape index (κ3) is 2.28. The van der Waals surface area contributed by atoms with Crippen LogP contribution in [-0.2, 0) is 9.59 Å². The zero-order valence-electron chi connectivity index (χ0n) is 10.6. The molecule has 0 aromatic heterocycles. The van der Waals surface area contributed by atoms with E-state index in [4.69, 9.17) is 0 Å². The Morgan fingerprint density at radius 3 is 2.61 bits per heavy atom. The van der Waals surface area contributed by atoms with Crippen molar-refractivity contribution in [1.82, 2.24) is 10.2 Å². The smallest absolute Gasteiger partial charge is 0.277 e.